The average Bonchev–Trinajstić information content (AvgIpc) is 2.48. The average molecular weight is 250 g/mol. The number of aliphatic carboxylic acids is 2. The third-order valence-electron chi connectivity index (χ3n) is 1.74. The molecule has 0 aromatic carbocycles. The predicted octanol–water partition coefficient (Wildman–Crippen LogP) is 1.83. The minimum absolute atomic E-state index is 0.231. The Hall–Kier alpha value is -1.14. The van der Waals surface area contributed by atoms with Crippen LogP contribution in [0.25, 0.3) is 0 Å². The van der Waals surface area contributed by atoms with E-state index in [1.807, 2.05) is 0 Å². The zero-order valence-corrected chi connectivity index (χ0v) is 9.09. The second kappa shape index (κ2) is 5.09. The molecule has 0 spiro atoms. The Morgan fingerprint density at radius 1 is 1.40 bits per heavy atom. The lowest BCUT2D eigenvalue weighted by Gasteiger charge is -2.08. The van der Waals surface area contributed by atoms with Gasteiger partial charge in [-0.15, -0.1) is 11.3 Å². The lowest BCUT2D eigenvalue weighted by Crippen LogP contribution is -2.10. The molecule has 0 bridgehead atoms. The van der Waals surface area contributed by atoms with E-state index in [9.17, 15) is 9.59 Å². The fraction of sp³-hybridized carbons (Fsp3) is 0.375. The number of hydrogen-bond acceptors (Lipinski definition) is 4. The van der Waals surface area contributed by atoms with E-state index in [4.69, 9.17) is 21.8 Å². The lowest BCUT2D eigenvalue weighted by molar-refractivity contribution is -0.139. The molecule has 2 N–H and O–H groups in total. The topological polar surface area (TPSA) is 87.5 Å². The molecule has 1 aromatic heterocycles. The zero-order valence-electron chi connectivity index (χ0n) is 7.51. The van der Waals surface area contributed by atoms with Crippen molar-refractivity contribution < 1.29 is 19.8 Å². The van der Waals surface area contributed by atoms with E-state index in [1.54, 1.807) is 0 Å². The summed E-state index contributed by atoms with van der Waals surface area (Å²) in [5, 5.41) is 17.2. The highest BCUT2D eigenvalue weighted by molar-refractivity contribution is 7.15. The van der Waals surface area contributed by atoms with Crippen molar-refractivity contribution in [2.75, 3.05) is 0 Å². The first-order chi connectivity index (χ1) is 6.99. The van der Waals surface area contributed by atoms with Gasteiger partial charge < -0.3 is 10.2 Å². The number of thiazole rings is 1. The van der Waals surface area contributed by atoms with Gasteiger partial charge in [-0.25, -0.2) is 4.98 Å². The third-order valence-corrected chi connectivity index (χ3v) is 3.02. The minimum atomic E-state index is -1.04. The maximum atomic E-state index is 10.5. The summed E-state index contributed by atoms with van der Waals surface area (Å²) < 4.78 is 0.283. The van der Waals surface area contributed by atoms with Crippen molar-refractivity contribution >= 4 is 34.9 Å². The summed E-state index contributed by atoms with van der Waals surface area (Å²) in [6.45, 7) is 0. The molecule has 7 heteroatoms. The molecule has 0 fully saturated rings. The van der Waals surface area contributed by atoms with Crippen molar-refractivity contribution in [1.82, 2.24) is 4.98 Å². The van der Waals surface area contributed by atoms with Gasteiger partial charge in [-0.05, 0) is 0 Å². The van der Waals surface area contributed by atoms with Crippen LogP contribution in [0.5, 0.6) is 0 Å². The molecule has 0 radical (unpaired) electrons. The second-order valence-electron chi connectivity index (χ2n) is 2.91. The molecule has 15 heavy (non-hydrogen) atoms. The van der Waals surface area contributed by atoms with Crippen LogP contribution in [-0.2, 0) is 9.59 Å². The predicted molar refractivity (Wildman–Crippen MR) is 54.4 cm³/mol. The van der Waals surface area contributed by atoms with Crippen LogP contribution < -0.4 is 0 Å². The van der Waals surface area contributed by atoms with Gasteiger partial charge in [-0.1, -0.05) is 11.6 Å². The first-order valence-corrected chi connectivity index (χ1v) is 5.23. The Morgan fingerprint density at radius 2 is 1.93 bits per heavy atom. The van der Waals surface area contributed by atoms with Crippen LogP contribution in [0.15, 0.2) is 6.20 Å². The monoisotopic (exact) mass is 249 g/mol. The number of halogens is 1. The van der Waals surface area contributed by atoms with E-state index >= 15 is 0 Å². The Labute approximate surface area is 94.3 Å². The summed E-state index contributed by atoms with van der Waals surface area (Å²) in [5.74, 6) is -2.64. The van der Waals surface area contributed by atoms with Gasteiger partial charge in [0.15, 0.2) is 4.47 Å². The molecule has 1 aromatic rings. The number of carboxylic acid groups (broad SMARTS) is 2. The number of hydrogen-bond donors (Lipinski definition) is 2. The van der Waals surface area contributed by atoms with Crippen LogP contribution in [0, 0.1) is 0 Å². The molecular formula is C8H8ClNO4S. The Kier molecular flexibility index (Phi) is 4.05. The standard InChI is InChI=1S/C8H8ClNO4S/c9-8-10-3-5(15-8)4(1-6(11)12)2-7(13)14/h3-4H,1-2H2,(H,11,12)(H,13,14). The first kappa shape index (κ1) is 11.9. The number of aromatic nitrogens is 1. The van der Waals surface area contributed by atoms with Gasteiger partial charge in [0, 0.05) is 17.0 Å². The maximum Gasteiger partial charge on any atom is 0.304 e. The fourth-order valence-electron chi connectivity index (χ4n) is 1.15. The normalized spacial score (nSPS) is 10.5. The molecule has 0 amide bonds. The fourth-order valence-corrected chi connectivity index (χ4v) is 2.20. The lowest BCUT2D eigenvalue weighted by atomic mass is 10.0. The van der Waals surface area contributed by atoms with Gasteiger partial charge in [0.1, 0.15) is 0 Å². The van der Waals surface area contributed by atoms with Gasteiger partial charge in [-0.3, -0.25) is 9.59 Å². The van der Waals surface area contributed by atoms with Crippen LogP contribution in [0.3, 0.4) is 0 Å². The summed E-state index contributed by atoms with van der Waals surface area (Å²) in [7, 11) is 0. The van der Waals surface area contributed by atoms with E-state index < -0.39 is 17.9 Å². The van der Waals surface area contributed by atoms with Gasteiger partial charge >= 0.3 is 11.9 Å². The smallest absolute Gasteiger partial charge is 0.304 e. The highest BCUT2D eigenvalue weighted by atomic mass is 35.5. The van der Waals surface area contributed by atoms with E-state index in [0.717, 1.165) is 11.3 Å². The molecule has 1 heterocycles. The molecule has 0 aliphatic carbocycles. The van der Waals surface area contributed by atoms with Gasteiger partial charge in [0.05, 0.1) is 12.8 Å². The summed E-state index contributed by atoms with van der Waals surface area (Å²) in [6.07, 6.45) is 0.958. The Bertz CT molecular complexity index is 362. The van der Waals surface area contributed by atoms with Crippen LogP contribution in [0.1, 0.15) is 23.6 Å². The highest BCUT2D eigenvalue weighted by Gasteiger charge is 2.21. The number of rotatable bonds is 5. The summed E-state index contributed by atoms with van der Waals surface area (Å²) in [4.78, 5) is 25.4. The maximum absolute atomic E-state index is 10.5. The second-order valence-corrected chi connectivity index (χ2v) is 4.55. The Morgan fingerprint density at radius 3 is 2.27 bits per heavy atom. The SMILES string of the molecule is O=C(O)CC(CC(=O)O)c1cnc(Cl)s1. The van der Waals surface area contributed by atoms with Crippen LogP contribution in [0.4, 0.5) is 0 Å². The van der Waals surface area contributed by atoms with Gasteiger partial charge in [0.2, 0.25) is 0 Å². The van der Waals surface area contributed by atoms with E-state index in [-0.39, 0.29) is 17.3 Å². The first-order valence-electron chi connectivity index (χ1n) is 4.04. The molecule has 0 aliphatic rings. The summed E-state index contributed by atoms with van der Waals surface area (Å²) in [6, 6.07) is 0. The highest BCUT2D eigenvalue weighted by Crippen LogP contribution is 2.30. The largest absolute Gasteiger partial charge is 0.481 e. The van der Waals surface area contributed by atoms with Crippen LogP contribution in [0.2, 0.25) is 4.47 Å². The molecule has 82 valence electrons. The number of nitrogens with zero attached hydrogens (tertiary/aromatic N) is 1. The van der Waals surface area contributed by atoms with Crippen molar-refractivity contribution in [1.29, 1.82) is 0 Å². The quantitative estimate of drug-likeness (QED) is 0.831. The van der Waals surface area contributed by atoms with Gasteiger partial charge in [-0.2, -0.15) is 0 Å². The summed E-state index contributed by atoms with van der Waals surface area (Å²) >= 11 is 6.70. The van der Waals surface area contributed by atoms with E-state index in [0.29, 0.717) is 4.88 Å². The number of carboxylic acids is 2. The third kappa shape index (κ3) is 3.85. The molecule has 0 unspecified atom stereocenters. The van der Waals surface area contributed by atoms with E-state index in [2.05, 4.69) is 4.98 Å². The van der Waals surface area contributed by atoms with Crippen molar-refractivity contribution in [2.45, 2.75) is 18.8 Å². The van der Waals surface area contributed by atoms with Crippen molar-refractivity contribution in [2.24, 2.45) is 0 Å². The number of carbonyl (C=O) groups is 2. The zero-order chi connectivity index (χ0) is 11.4. The molecule has 0 saturated carbocycles. The van der Waals surface area contributed by atoms with Crippen LogP contribution in [-0.4, -0.2) is 27.1 Å². The Balaban J connectivity index is 2.80. The van der Waals surface area contributed by atoms with Gasteiger partial charge in [0.25, 0.3) is 0 Å². The summed E-state index contributed by atoms with van der Waals surface area (Å²) in [5.41, 5.74) is 0. The molecule has 5 nitrogen and oxygen atoms in total. The molecular weight excluding hydrogens is 242 g/mol. The van der Waals surface area contributed by atoms with E-state index in [1.165, 1.54) is 6.20 Å². The van der Waals surface area contributed by atoms with Crippen molar-refractivity contribution in [3.05, 3.63) is 15.5 Å². The molecule has 0 atom stereocenters. The van der Waals surface area contributed by atoms with Crippen molar-refractivity contribution in [3.63, 3.8) is 0 Å². The van der Waals surface area contributed by atoms with Crippen molar-refractivity contribution in [3.8, 4) is 0 Å². The molecule has 1 rings (SSSR count). The molecule has 0 aliphatic heterocycles. The molecule has 0 saturated heterocycles. The van der Waals surface area contributed by atoms with Crippen LogP contribution >= 0.6 is 22.9 Å². The minimum Gasteiger partial charge on any atom is -0.481 e.